The summed E-state index contributed by atoms with van der Waals surface area (Å²) in [5, 5.41) is 2.74. The number of rotatable bonds is 9. The number of nitrogens with zero attached hydrogens (tertiary/aromatic N) is 1. The van der Waals surface area contributed by atoms with Crippen LogP contribution in [0.1, 0.15) is 33.2 Å². The Morgan fingerprint density at radius 2 is 1.56 bits per heavy atom. The summed E-state index contributed by atoms with van der Waals surface area (Å²) in [6.07, 6.45) is 1.07. The van der Waals surface area contributed by atoms with Crippen molar-refractivity contribution in [2.75, 3.05) is 30.1 Å². The third-order valence-electron chi connectivity index (χ3n) is 5.11. The fourth-order valence-corrected chi connectivity index (χ4v) is 4.29. The number of carbonyl (C=O) groups excluding carboxylic acids is 2. The molecule has 1 amide bonds. The Hall–Kier alpha value is -3.85. The molecular formula is C25H26N2O6S. The van der Waals surface area contributed by atoms with Crippen molar-refractivity contribution in [2.24, 2.45) is 0 Å². The maximum Gasteiger partial charge on any atom is 0.257 e. The molecular weight excluding hydrogens is 456 g/mol. The average Bonchev–Trinajstić information content (AvgIpc) is 2.81. The van der Waals surface area contributed by atoms with E-state index in [4.69, 9.17) is 9.47 Å². The first kappa shape index (κ1) is 24.8. The maximum absolute atomic E-state index is 13.4. The molecule has 0 atom stereocenters. The van der Waals surface area contributed by atoms with E-state index in [1.807, 2.05) is 6.07 Å². The molecule has 34 heavy (non-hydrogen) atoms. The van der Waals surface area contributed by atoms with Gasteiger partial charge in [0.1, 0.15) is 0 Å². The second-order valence-corrected chi connectivity index (χ2v) is 9.48. The van der Waals surface area contributed by atoms with Gasteiger partial charge in [-0.3, -0.25) is 13.9 Å². The molecule has 3 aromatic carbocycles. The van der Waals surface area contributed by atoms with Gasteiger partial charge in [-0.1, -0.05) is 42.5 Å². The molecule has 0 aliphatic heterocycles. The summed E-state index contributed by atoms with van der Waals surface area (Å²) in [5.74, 6) is -0.177. The Bertz CT molecular complexity index is 1310. The van der Waals surface area contributed by atoms with Gasteiger partial charge in [0.15, 0.2) is 17.3 Å². The molecule has 0 bridgehead atoms. The van der Waals surface area contributed by atoms with E-state index in [1.165, 1.54) is 33.3 Å². The predicted octanol–water partition coefficient (Wildman–Crippen LogP) is 4.12. The number of ether oxygens (including phenoxy) is 2. The molecule has 8 nitrogen and oxygen atoms in total. The van der Waals surface area contributed by atoms with Crippen molar-refractivity contribution >= 4 is 33.1 Å². The van der Waals surface area contributed by atoms with E-state index in [1.54, 1.807) is 48.5 Å². The molecule has 0 radical (unpaired) electrons. The second-order valence-electron chi connectivity index (χ2n) is 7.57. The number of sulfonamides is 1. The van der Waals surface area contributed by atoms with E-state index in [9.17, 15) is 18.0 Å². The Kier molecular flexibility index (Phi) is 7.57. The van der Waals surface area contributed by atoms with E-state index in [-0.39, 0.29) is 35.1 Å². The Balaban J connectivity index is 2.12. The number of amides is 1. The van der Waals surface area contributed by atoms with Crippen molar-refractivity contribution in [2.45, 2.75) is 13.5 Å². The Morgan fingerprint density at radius 1 is 0.912 bits per heavy atom. The zero-order valence-electron chi connectivity index (χ0n) is 19.4. The third kappa shape index (κ3) is 5.74. The molecule has 0 fully saturated rings. The minimum absolute atomic E-state index is 0.00918. The highest BCUT2D eigenvalue weighted by Crippen LogP contribution is 2.37. The van der Waals surface area contributed by atoms with E-state index >= 15 is 0 Å². The average molecular weight is 483 g/mol. The molecule has 178 valence electrons. The lowest BCUT2D eigenvalue weighted by Crippen LogP contribution is -2.31. The van der Waals surface area contributed by atoms with Crippen LogP contribution in [0.4, 0.5) is 11.4 Å². The minimum Gasteiger partial charge on any atom is -0.493 e. The van der Waals surface area contributed by atoms with Gasteiger partial charge in [0, 0.05) is 17.3 Å². The maximum atomic E-state index is 13.4. The molecule has 9 heteroatoms. The molecule has 0 unspecified atom stereocenters. The van der Waals surface area contributed by atoms with Crippen LogP contribution in [0.25, 0.3) is 0 Å². The van der Waals surface area contributed by atoms with E-state index in [0.717, 1.165) is 16.1 Å². The van der Waals surface area contributed by atoms with Crippen molar-refractivity contribution in [1.29, 1.82) is 0 Å². The van der Waals surface area contributed by atoms with Gasteiger partial charge in [0.25, 0.3) is 5.91 Å². The van der Waals surface area contributed by atoms with Crippen LogP contribution < -0.4 is 19.1 Å². The smallest absolute Gasteiger partial charge is 0.257 e. The van der Waals surface area contributed by atoms with Gasteiger partial charge in [0.05, 0.1) is 38.3 Å². The number of hydrogen-bond acceptors (Lipinski definition) is 6. The zero-order valence-corrected chi connectivity index (χ0v) is 20.2. The van der Waals surface area contributed by atoms with Gasteiger partial charge in [0.2, 0.25) is 10.0 Å². The molecule has 0 aliphatic rings. The molecule has 0 saturated heterocycles. The van der Waals surface area contributed by atoms with Crippen LogP contribution in [0, 0.1) is 0 Å². The van der Waals surface area contributed by atoms with Gasteiger partial charge in [-0.25, -0.2) is 8.42 Å². The monoisotopic (exact) mass is 482 g/mol. The first-order valence-corrected chi connectivity index (χ1v) is 12.2. The third-order valence-corrected chi connectivity index (χ3v) is 6.24. The van der Waals surface area contributed by atoms with Gasteiger partial charge >= 0.3 is 0 Å². The molecule has 1 N–H and O–H groups in total. The molecule has 0 aliphatic carbocycles. The van der Waals surface area contributed by atoms with Crippen LogP contribution in [0.2, 0.25) is 0 Å². The standard InChI is InChI=1S/C25H26N2O6S/c1-17(28)19-11-8-12-20(13-19)26-25(29)21-14-23(32-2)24(33-3)15-22(21)27(34(4,30)31)16-18-9-6-5-7-10-18/h5-15H,16H2,1-4H3,(H,26,29). The Morgan fingerprint density at radius 3 is 2.15 bits per heavy atom. The minimum atomic E-state index is -3.80. The molecule has 3 aromatic rings. The number of hydrogen-bond donors (Lipinski definition) is 1. The summed E-state index contributed by atoms with van der Waals surface area (Å²) < 4.78 is 37.5. The highest BCUT2D eigenvalue weighted by Gasteiger charge is 2.26. The number of ketones is 1. The fraction of sp³-hybridized carbons (Fsp3) is 0.200. The van der Waals surface area contributed by atoms with Crippen LogP contribution in [0.15, 0.2) is 66.7 Å². The van der Waals surface area contributed by atoms with E-state index in [2.05, 4.69) is 5.32 Å². The summed E-state index contributed by atoms with van der Waals surface area (Å²) in [6.45, 7) is 1.44. The first-order chi connectivity index (χ1) is 16.1. The summed E-state index contributed by atoms with van der Waals surface area (Å²) >= 11 is 0. The number of nitrogens with one attached hydrogen (secondary N) is 1. The summed E-state index contributed by atoms with van der Waals surface area (Å²) in [7, 11) is -0.944. The largest absolute Gasteiger partial charge is 0.493 e. The highest BCUT2D eigenvalue weighted by atomic mass is 32.2. The van der Waals surface area contributed by atoms with Gasteiger partial charge in [-0.2, -0.15) is 0 Å². The van der Waals surface area contributed by atoms with Crippen LogP contribution in [0.5, 0.6) is 11.5 Å². The van der Waals surface area contributed by atoms with Crippen molar-refractivity contribution in [3.63, 3.8) is 0 Å². The molecule has 0 aromatic heterocycles. The van der Waals surface area contributed by atoms with Crippen molar-refractivity contribution in [3.8, 4) is 11.5 Å². The summed E-state index contributed by atoms with van der Waals surface area (Å²) in [4.78, 5) is 25.1. The van der Waals surface area contributed by atoms with Crippen molar-refractivity contribution in [1.82, 2.24) is 0 Å². The quantitative estimate of drug-likeness (QED) is 0.460. The first-order valence-electron chi connectivity index (χ1n) is 10.3. The Labute approximate surface area is 199 Å². The lowest BCUT2D eigenvalue weighted by Gasteiger charge is -2.26. The summed E-state index contributed by atoms with van der Waals surface area (Å²) in [6, 6.07) is 18.4. The number of methoxy groups -OCH3 is 2. The van der Waals surface area contributed by atoms with Gasteiger partial charge in [-0.05, 0) is 30.7 Å². The number of benzene rings is 3. The van der Waals surface area contributed by atoms with Crippen molar-refractivity contribution < 1.29 is 27.5 Å². The fourth-order valence-electron chi connectivity index (χ4n) is 3.40. The molecule has 0 heterocycles. The predicted molar refractivity (Wildman–Crippen MR) is 131 cm³/mol. The van der Waals surface area contributed by atoms with Gasteiger partial charge < -0.3 is 14.8 Å². The highest BCUT2D eigenvalue weighted by molar-refractivity contribution is 7.92. The van der Waals surface area contributed by atoms with Gasteiger partial charge in [-0.15, -0.1) is 0 Å². The number of carbonyl (C=O) groups is 2. The van der Waals surface area contributed by atoms with Crippen LogP contribution in [-0.4, -0.2) is 40.6 Å². The van der Waals surface area contributed by atoms with Crippen LogP contribution >= 0.6 is 0 Å². The van der Waals surface area contributed by atoms with E-state index < -0.39 is 15.9 Å². The van der Waals surface area contributed by atoms with Crippen LogP contribution in [-0.2, 0) is 16.6 Å². The molecule has 0 saturated carbocycles. The zero-order chi connectivity index (χ0) is 24.9. The van der Waals surface area contributed by atoms with Crippen LogP contribution in [0.3, 0.4) is 0 Å². The number of anilines is 2. The SMILES string of the molecule is COc1cc(C(=O)Nc2cccc(C(C)=O)c2)c(N(Cc2ccccc2)S(C)(=O)=O)cc1OC. The topological polar surface area (TPSA) is 102 Å². The summed E-state index contributed by atoms with van der Waals surface area (Å²) in [5.41, 5.74) is 1.76. The van der Waals surface area contributed by atoms with Crippen molar-refractivity contribution in [3.05, 3.63) is 83.4 Å². The lowest BCUT2D eigenvalue weighted by molar-refractivity contribution is 0.101. The van der Waals surface area contributed by atoms with E-state index in [0.29, 0.717) is 11.3 Å². The molecule has 0 spiro atoms. The molecule has 3 rings (SSSR count). The number of Topliss-reactive ketones (excluding diaryl/α,β-unsaturated/α-hetero) is 1. The second kappa shape index (κ2) is 10.4. The lowest BCUT2D eigenvalue weighted by atomic mass is 10.1. The normalized spacial score (nSPS) is 10.9.